The number of rotatable bonds is 2. The zero-order chi connectivity index (χ0) is 8.69. The summed E-state index contributed by atoms with van der Waals surface area (Å²) in [7, 11) is 0. The predicted octanol–water partition coefficient (Wildman–Crippen LogP) is 1.21. The summed E-state index contributed by atoms with van der Waals surface area (Å²) >= 11 is 0. The Morgan fingerprint density at radius 1 is 1.64 bits per heavy atom. The SMILES string of the molecule is C#C/C=C\C(=O)/C(C#N)=C\C. The van der Waals surface area contributed by atoms with Crippen LogP contribution in [0.15, 0.2) is 23.8 Å². The van der Waals surface area contributed by atoms with E-state index in [1.54, 1.807) is 13.0 Å². The Bertz CT molecular complexity index is 284. The van der Waals surface area contributed by atoms with Crippen molar-refractivity contribution < 1.29 is 4.79 Å². The second-order valence-corrected chi connectivity index (χ2v) is 1.68. The minimum atomic E-state index is -0.354. The van der Waals surface area contributed by atoms with Crippen LogP contribution in [0.4, 0.5) is 0 Å². The average Bonchev–Trinajstić information content (AvgIpc) is 2.03. The van der Waals surface area contributed by atoms with Gasteiger partial charge < -0.3 is 0 Å². The van der Waals surface area contributed by atoms with Crippen LogP contribution in [-0.4, -0.2) is 5.78 Å². The van der Waals surface area contributed by atoms with Gasteiger partial charge in [-0.1, -0.05) is 12.0 Å². The second kappa shape index (κ2) is 5.02. The fraction of sp³-hybridized carbons (Fsp3) is 0.111. The molecular weight excluding hydrogens is 138 g/mol. The van der Waals surface area contributed by atoms with Crippen molar-refractivity contribution in [2.45, 2.75) is 6.92 Å². The number of hydrogen-bond acceptors (Lipinski definition) is 2. The van der Waals surface area contributed by atoms with Crippen LogP contribution in [0.1, 0.15) is 6.92 Å². The van der Waals surface area contributed by atoms with E-state index in [0.29, 0.717) is 0 Å². The van der Waals surface area contributed by atoms with Gasteiger partial charge in [-0.25, -0.2) is 0 Å². The molecule has 0 rings (SSSR count). The number of ketones is 1. The minimum Gasteiger partial charge on any atom is -0.288 e. The highest BCUT2D eigenvalue weighted by molar-refractivity contribution is 6.07. The highest BCUT2D eigenvalue weighted by atomic mass is 16.1. The van der Waals surface area contributed by atoms with Crippen molar-refractivity contribution in [1.29, 1.82) is 5.26 Å². The van der Waals surface area contributed by atoms with E-state index in [4.69, 9.17) is 11.7 Å². The van der Waals surface area contributed by atoms with Gasteiger partial charge in [0.1, 0.15) is 6.07 Å². The van der Waals surface area contributed by atoms with Crippen LogP contribution in [0, 0.1) is 23.7 Å². The van der Waals surface area contributed by atoms with Crippen LogP contribution in [-0.2, 0) is 4.79 Å². The molecule has 0 fully saturated rings. The van der Waals surface area contributed by atoms with Gasteiger partial charge in [0, 0.05) is 0 Å². The van der Waals surface area contributed by atoms with Gasteiger partial charge in [0.05, 0.1) is 5.57 Å². The Morgan fingerprint density at radius 3 is 2.64 bits per heavy atom. The summed E-state index contributed by atoms with van der Waals surface area (Å²) in [5.74, 6) is 1.81. The third-order valence-corrected chi connectivity index (χ3v) is 1.01. The van der Waals surface area contributed by atoms with Gasteiger partial charge in [-0.3, -0.25) is 4.79 Å². The molecular formula is C9H7NO. The van der Waals surface area contributed by atoms with Crippen molar-refractivity contribution in [2.24, 2.45) is 0 Å². The molecule has 0 heterocycles. The number of hydrogen-bond donors (Lipinski definition) is 0. The fourth-order valence-electron chi connectivity index (χ4n) is 0.475. The van der Waals surface area contributed by atoms with E-state index < -0.39 is 0 Å². The van der Waals surface area contributed by atoms with E-state index in [1.165, 1.54) is 18.2 Å². The predicted molar refractivity (Wildman–Crippen MR) is 42.4 cm³/mol. The molecule has 0 radical (unpaired) electrons. The molecule has 11 heavy (non-hydrogen) atoms. The summed E-state index contributed by atoms with van der Waals surface area (Å²) in [4.78, 5) is 10.9. The lowest BCUT2D eigenvalue weighted by molar-refractivity contribution is -0.111. The Balaban J connectivity index is 4.43. The average molecular weight is 145 g/mol. The first-order chi connectivity index (χ1) is 5.26. The van der Waals surface area contributed by atoms with Crippen LogP contribution in [0.5, 0.6) is 0 Å². The third-order valence-electron chi connectivity index (χ3n) is 1.01. The maximum absolute atomic E-state index is 10.9. The maximum Gasteiger partial charge on any atom is 0.196 e. The minimum absolute atomic E-state index is 0.108. The Labute approximate surface area is 65.8 Å². The van der Waals surface area contributed by atoms with Crippen molar-refractivity contribution in [3.63, 3.8) is 0 Å². The summed E-state index contributed by atoms with van der Waals surface area (Å²) in [5.41, 5.74) is 0.108. The van der Waals surface area contributed by atoms with Gasteiger partial charge in [-0.05, 0) is 19.1 Å². The van der Waals surface area contributed by atoms with E-state index in [2.05, 4.69) is 5.92 Å². The summed E-state index contributed by atoms with van der Waals surface area (Å²) in [6, 6.07) is 1.75. The lowest BCUT2D eigenvalue weighted by Crippen LogP contribution is -1.94. The molecule has 0 saturated heterocycles. The van der Waals surface area contributed by atoms with Crippen LogP contribution in [0.2, 0.25) is 0 Å². The molecule has 0 aromatic rings. The van der Waals surface area contributed by atoms with E-state index in [0.717, 1.165) is 0 Å². The largest absolute Gasteiger partial charge is 0.288 e. The molecule has 0 aromatic heterocycles. The Kier molecular flexibility index (Phi) is 4.20. The second-order valence-electron chi connectivity index (χ2n) is 1.68. The molecule has 0 amide bonds. The zero-order valence-corrected chi connectivity index (χ0v) is 6.16. The van der Waals surface area contributed by atoms with Gasteiger partial charge in [-0.2, -0.15) is 5.26 Å². The number of carbonyl (C=O) groups excluding carboxylic acids is 1. The molecule has 0 saturated carbocycles. The van der Waals surface area contributed by atoms with Crippen molar-refractivity contribution in [3.8, 4) is 18.4 Å². The number of nitrogens with zero attached hydrogens (tertiary/aromatic N) is 1. The summed E-state index contributed by atoms with van der Waals surface area (Å²) < 4.78 is 0. The van der Waals surface area contributed by atoms with E-state index >= 15 is 0 Å². The van der Waals surface area contributed by atoms with Crippen LogP contribution >= 0.6 is 0 Å². The molecule has 0 aliphatic rings. The lowest BCUT2D eigenvalue weighted by Gasteiger charge is -1.85. The molecule has 2 heteroatoms. The molecule has 0 unspecified atom stereocenters. The standard InChI is InChI=1S/C9H7NO/c1-3-5-6-9(11)8(4-2)7-10/h1,4-6H,2H3/b6-5-,8-4-. The molecule has 0 aliphatic heterocycles. The quantitative estimate of drug-likeness (QED) is 0.333. The number of terminal acetylenes is 1. The monoisotopic (exact) mass is 145 g/mol. The lowest BCUT2D eigenvalue weighted by atomic mass is 10.2. The first kappa shape index (κ1) is 9.20. The van der Waals surface area contributed by atoms with E-state index in [-0.39, 0.29) is 11.4 Å². The van der Waals surface area contributed by atoms with Gasteiger partial charge in [-0.15, -0.1) is 6.42 Å². The Morgan fingerprint density at radius 2 is 2.27 bits per heavy atom. The van der Waals surface area contributed by atoms with Crippen molar-refractivity contribution in [2.75, 3.05) is 0 Å². The van der Waals surface area contributed by atoms with Crippen molar-refractivity contribution in [3.05, 3.63) is 23.8 Å². The van der Waals surface area contributed by atoms with E-state index in [9.17, 15) is 4.79 Å². The highest BCUT2D eigenvalue weighted by Crippen LogP contribution is 1.94. The molecule has 0 N–H and O–H groups in total. The Hall–Kier alpha value is -1.80. The number of carbonyl (C=O) groups is 1. The number of allylic oxidation sites excluding steroid dienone is 4. The molecule has 0 aromatic carbocycles. The summed E-state index contributed by atoms with van der Waals surface area (Å²) in [6.45, 7) is 1.63. The van der Waals surface area contributed by atoms with Gasteiger partial charge >= 0.3 is 0 Å². The topological polar surface area (TPSA) is 40.9 Å². The van der Waals surface area contributed by atoms with Crippen molar-refractivity contribution in [1.82, 2.24) is 0 Å². The molecule has 0 spiro atoms. The van der Waals surface area contributed by atoms with Crippen LogP contribution < -0.4 is 0 Å². The summed E-state index contributed by atoms with van der Waals surface area (Å²) in [6.07, 6.45) is 8.78. The normalized spacial score (nSPS) is 10.6. The molecule has 0 aliphatic carbocycles. The maximum atomic E-state index is 10.9. The van der Waals surface area contributed by atoms with Crippen LogP contribution in [0.3, 0.4) is 0 Å². The molecule has 0 bridgehead atoms. The van der Waals surface area contributed by atoms with Gasteiger partial charge in [0.15, 0.2) is 5.78 Å². The highest BCUT2D eigenvalue weighted by Gasteiger charge is 2.00. The van der Waals surface area contributed by atoms with E-state index in [1.807, 2.05) is 0 Å². The van der Waals surface area contributed by atoms with Crippen LogP contribution in [0.25, 0.3) is 0 Å². The molecule has 2 nitrogen and oxygen atoms in total. The fourth-order valence-corrected chi connectivity index (χ4v) is 0.475. The zero-order valence-electron chi connectivity index (χ0n) is 6.16. The van der Waals surface area contributed by atoms with Gasteiger partial charge in [0.25, 0.3) is 0 Å². The number of nitriles is 1. The molecule has 0 atom stereocenters. The third kappa shape index (κ3) is 3.03. The van der Waals surface area contributed by atoms with Gasteiger partial charge in [0.2, 0.25) is 0 Å². The first-order valence-corrected chi connectivity index (χ1v) is 2.99. The summed E-state index contributed by atoms with van der Waals surface area (Å²) in [5, 5.41) is 8.37. The first-order valence-electron chi connectivity index (χ1n) is 2.99. The molecule has 54 valence electrons. The van der Waals surface area contributed by atoms with Crippen molar-refractivity contribution >= 4 is 5.78 Å². The smallest absolute Gasteiger partial charge is 0.196 e.